The van der Waals surface area contributed by atoms with Crippen LogP contribution in [0, 0.1) is 18.4 Å². The molecule has 0 bridgehead atoms. The van der Waals surface area contributed by atoms with Crippen molar-refractivity contribution >= 4 is 34.9 Å². The van der Waals surface area contributed by atoms with Crippen LogP contribution in [0.2, 0.25) is 5.02 Å². The number of benzene rings is 2. The van der Waals surface area contributed by atoms with E-state index in [1.54, 1.807) is 17.0 Å². The minimum atomic E-state index is -2.98. The Morgan fingerprint density at radius 3 is 2.81 bits per heavy atom. The molecule has 4 rings (SSSR count). The molecule has 9 nitrogen and oxygen atoms in total. The smallest absolute Gasteiger partial charge is 0.387 e. The molecule has 0 aliphatic carbocycles. The first kappa shape index (κ1) is 26.3. The summed E-state index contributed by atoms with van der Waals surface area (Å²) in [6.07, 6.45) is 2.61. The van der Waals surface area contributed by atoms with E-state index in [4.69, 9.17) is 16.7 Å². The Hall–Kier alpha value is -3.75. The van der Waals surface area contributed by atoms with Crippen molar-refractivity contribution in [3.63, 3.8) is 0 Å². The average molecular weight is 530 g/mol. The topological polar surface area (TPSA) is 105 Å². The van der Waals surface area contributed by atoms with E-state index in [0.29, 0.717) is 17.3 Å². The molecule has 2 N–H and O–H groups in total. The van der Waals surface area contributed by atoms with Gasteiger partial charge in [0, 0.05) is 23.2 Å². The average Bonchev–Trinajstić information content (AvgIpc) is 3.25. The number of hydrogen-bond acceptors (Lipinski definition) is 6. The Bertz CT molecular complexity index is 1260. The van der Waals surface area contributed by atoms with Gasteiger partial charge in [-0.1, -0.05) is 23.7 Å². The highest BCUT2D eigenvalue weighted by Gasteiger charge is 2.39. The van der Waals surface area contributed by atoms with Crippen LogP contribution in [-0.4, -0.2) is 65.8 Å². The summed E-state index contributed by atoms with van der Waals surface area (Å²) in [5.74, 6) is -0.0151. The molecule has 2 heterocycles. The number of carbonyl (C=O) groups is 1. The van der Waals surface area contributed by atoms with Crippen LogP contribution in [0.4, 0.5) is 14.5 Å². The molecule has 1 amide bonds. The van der Waals surface area contributed by atoms with Gasteiger partial charge in [0.1, 0.15) is 5.75 Å². The monoisotopic (exact) mass is 529 g/mol. The molecule has 2 aliphatic rings. The highest BCUT2D eigenvalue weighted by atomic mass is 35.5. The van der Waals surface area contributed by atoms with Crippen LogP contribution in [0.15, 0.2) is 52.6 Å². The fourth-order valence-corrected chi connectivity index (χ4v) is 4.32. The fourth-order valence-electron chi connectivity index (χ4n) is 4.20. The second-order valence-corrected chi connectivity index (χ2v) is 8.92. The van der Waals surface area contributed by atoms with Gasteiger partial charge in [-0.15, -0.1) is 0 Å². The zero-order chi connectivity index (χ0) is 26.5. The third-order valence-corrected chi connectivity index (χ3v) is 6.58. The Kier molecular flexibility index (Phi) is 8.21. The summed E-state index contributed by atoms with van der Waals surface area (Å²) in [6.45, 7) is 2.28. The number of aryl methyl sites for hydroxylation is 1. The minimum Gasteiger partial charge on any atom is -0.435 e. The van der Waals surface area contributed by atoms with Crippen LogP contribution in [0.1, 0.15) is 24.5 Å². The number of hydrazone groups is 1. The van der Waals surface area contributed by atoms with Crippen LogP contribution in [0.3, 0.4) is 0 Å². The quantitative estimate of drug-likeness (QED) is 0.246. The van der Waals surface area contributed by atoms with E-state index in [0.717, 1.165) is 24.1 Å². The third-order valence-electron chi connectivity index (χ3n) is 6.16. The van der Waals surface area contributed by atoms with Gasteiger partial charge in [0.25, 0.3) is 0 Å². The number of ether oxygens (including phenoxy) is 1. The lowest BCUT2D eigenvalue weighted by Gasteiger charge is -2.36. The van der Waals surface area contributed by atoms with Gasteiger partial charge in [-0.2, -0.15) is 19.1 Å². The molecule has 1 saturated heterocycles. The predicted molar refractivity (Wildman–Crippen MR) is 136 cm³/mol. The molecular weight excluding hydrogens is 504 g/mol. The van der Waals surface area contributed by atoms with E-state index in [2.05, 4.69) is 20.4 Å². The van der Waals surface area contributed by atoms with Gasteiger partial charge in [0.2, 0.25) is 11.9 Å². The second-order valence-electron chi connectivity index (χ2n) is 8.51. The molecule has 0 aromatic heterocycles. The zero-order valence-electron chi connectivity index (χ0n) is 20.3. The molecule has 2 aliphatic heterocycles. The van der Waals surface area contributed by atoms with Crippen molar-refractivity contribution in [3.05, 3.63) is 58.6 Å². The van der Waals surface area contributed by atoms with Crippen molar-refractivity contribution in [2.45, 2.75) is 39.0 Å². The zero-order valence-corrected chi connectivity index (χ0v) is 21.0. The van der Waals surface area contributed by atoms with Gasteiger partial charge >= 0.3 is 6.61 Å². The van der Waals surface area contributed by atoms with Crippen LogP contribution in [0.25, 0.3) is 0 Å². The number of hydrogen-bond donors (Lipinski definition) is 2. The molecule has 2 aromatic carbocycles. The second kappa shape index (κ2) is 11.5. The van der Waals surface area contributed by atoms with E-state index in [-0.39, 0.29) is 35.9 Å². The Morgan fingerprint density at radius 1 is 1.41 bits per heavy atom. The Morgan fingerprint density at radius 2 is 2.19 bits per heavy atom. The van der Waals surface area contributed by atoms with E-state index >= 15 is 0 Å². The molecule has 1 fully saturated rings. The molecule has 194 valence electrons. The van der Waals surface area contributed by atoms with Crippen LogP contribution < -0.4 is 15.4 Å². The van der Waals surface area contributed by atoms with Crippen molar-refractivity contribution < 1.29 is 18.3 Å². The van der Waals surface area contributed by atoms with Crippen molar-refractivity contribution in [1.82, 2.24) is 20.5 Å². The lowest BCUT2D eigenvalue weighted by molar-refractivity contribution is -0.136. The molecular formula is C25H26ClF2N7O2. The molecule has 37 heavy (non-hydrogen) atoms. The van der Waals surface area contributed by atoms with Crippen LogP contribution >= 0.6 is 11.6 Å². The number of alkyl halides is 2. The van der Waals surface area contributed by atoms with E-state index < -0.39 is 12.7 Å². The highest BCUT2D eigenvalue weighted by Crippen LogP contribution is 2.26. The molecule has 0 unspecified atom stereocenters. The SMILES string of the molecule is CCN(C(=O)[C@H]1CCN1)[C@H]1CN(C(=Nc2cccc(OC(F)F)c2)NC#N)N=C1c1ccc(Cl)c(C)c1. The highest BCUT2D eigenvalue weighted by molar-refractivity contribution is 6.31. The number of rotatable bonds is 7. The number of aliphatic imine (C=N–C) groups is 1. The van der Waals surface area contributed by atoms with E-state index in [9.17, 15) is 18.8 Å². The molecule has 12 heteroatoms. The first-order chi connectivity index (χ1) is 17.8. The lowest BCUT2D eigenvalue weighted by atomic mass is 9.98. The predicted octanol–water partition coefficient (Wildman–Crippen LogP) is 3.61. The molecule has 0 radical (unpaired) electrons. The van der Waals surface area contributed by atoms with E-state index in [1.165, 1.54) is 23.2 Å². The number of likely N-dealkylation sites (N-methyl/N-ethyl adjacent to an activating group) is 1. The van der Waals surface area contributed by atoms with Crippen molar-refractivity contribution in [2.75, 3.05) is 19.6 Å². The van der Waals surface area contributed by atoms with Gasteiger partial charge in [-0.3, -0.25) is 10.1 Å². The largest absolute Gasteiger partial charge is 0.435 e. The first-order valence-electron chi connectivity index (χ1n) is 11.8. The molecule has 2 aromatic rings. The summed E-state index contributed by atoms with van der Waals surface area (Å²) in [7, 11) is 0. The number of nitrogens with zero attached hydrogens (tertiary/aromatic N) is 5. The lowest BCUT2D eigenvalue weighted by Crippen LogP contribution is -2.58. The van der Waals surface area contributed by atoms with Crippen molar-refractivity contribution in [3.8, 4) is 11.9 Å². The van der Waals surface area contributed by atoms with Gasteiger partial charge in [0.05, 0.1) is 30.0 Å². The summed E-state index contributed by atoms with van der Waals surface area (Å²) in [5, 5.41) is 21.9. The maximum absolute atomic E-state index is 13.3. The summed E-state index contributed by atoms with van der Waals surface area (Å²) < 4.78 is 29.8. The summed E-state index contributed by atoms with van der Waals surface area (Å²) >= 11 is 6.24. The molecule has 2 atom stereocenters. The van der Waals surface area contributed by atoms with E-state index in [1.807, 2.05) is 32.2 Å². The minimum absolute atomic E-state index is 0.0254. The fraction of sp³-hybridized carbons (Fsp3) is 0.360. The molecule has 0 saturated carbocycles. The maximum atomic E-state index is 13.3. The Balaban J connectivity index is 1.72. The third kappa shape index (κ3) is 5.98. The number of amides is 1. The summed E-state index contributed by atoms with van der Waals surface area (Å²) in [6, 6.07) is 10.6. The summed E-state index contributed by atoms with van der Waals surface area (Å²) in [5.41, 5.74) is 2.54. The first-order valence-corrected chi connectivity index (χ1v) is 12.1. The van der Waals surface area contributed by atoms with Crippen molar-refractivity contribution in [2.24, 2.45) is 10.1 Å². The number of carbonyl (C=O) groups excluding carboxylic acids is 1. The van der Waals surface area contributed by atoms with Gasteiger partial charge < -0.3 is 15.0 Å². The summed E-state index contributed by atoms with van der Waals surface area (Å²) in [4.78, 5) is 19.4. The Labute approximate surface area is 218 Å². The molecule has 0 spiro atoms. The standard InChI is InChI=1S/C25H26ClF2N7O2/c1-3-34(23(36)20-9-10-30-20)21-13-35(33-22(21)16-7-8-19(26)15(2)11-16)25(31-14-29)32-17-5-4-6-18(12-17)37-24(27)28/h4-8,11-12,20-21,24,30H,3,9-10,13H2,1-2H3,(H,31,32)/t20-,21+/m1/s1. The maximum Gasteiger partial charge on any atom is 0.387 e. The number of halogens is 3. The normalized spacial score (nSPS) is 19.2. The number of nitrogens with one attached hydrogen (secondary N) is 2. The van der Waals surface area contributed by atoms with Gasteiger partial charge in [0.15, 0.2) is 6.19 Å². The number of nitriles is 1. The van der Waals surface area contributed by atoms with Crippen molar-refractivity contribution in [1.29, 1.82) is 5.26 Å². The van der Waals surface area contributed by atoms with Crippen LogP contribution in [0.5, 0.6) is 5.75 Å². The number of guanidine groups is 1. The van der Waals surface area contributed by atoms with Crippen LogP contribution in [-0.2, 0) is 4.79 Å². The van der Waals surface area contributed by atoms with Gasteiger partial charge in [-0.25, -0.2) is 10.0 Å². The van der Waals surface area contributed by atoms with Gasteiger partial charge in [-0.05, 0) is 56.6 Å².